The van der Waals surface area contributed by atoms with Gasteiger partial charge in [-0.3, -0.25) is 4.90 Å². The molecule has 0 saturated carbocycles. The molecule has 1 saturated heterocycles. The van der Waals surface area contributed by atoms with Crippen LogP contribution in [0.25, 0.3) is 0 Å². The second kappa shape index (κ2) is 7.84. The number of hydrogen-bond acceptors (Lipinski definition) is 6. The van der Waals surface area contributed by atoms with Crippen LogP contribution in [-0.2, 0) is 19.5 Å². The lowest BCUT2D eigenvalue weighted by molar-refractivity contribution is 0.241. The van der Waals surface area contributed by atoms with Gasteiger partial charge in [0.1, 0.15) is 5.82 Å². The molecule has 6 heteroatoms. The van der Waals surface area contributed by atoms with Gasteiger partial charge in [-0.2, -0.15) is 16.7 Å². The largest absolute Gasteiger partial charge is 0.355 e. The third-order valence-electron chi connectivity index (χ3n) is 5.07. The lowest BCUT2D eigenvalue weighted by Gasteiger charge is -2.34. The highest BCUT2D eigenvalue weighted by molar-refractivity contribution is 7.99. The zero-order valence-electron chi connectivity index (χ0n) is 15.7. The van der Waals surface area contributed by atoms with Crippen LogP contribution in [0, 0.1) is 0 Å². The van der Waals surface area contributed by atoms with E-state index in [-0.39, 0.29) is 0 Å². The van der Waals surface area contributed by atoms with Crippen LogP contribution in [0.5, 0.6) is 0 Å². The first kappa shape index (κ1) is 17.6. The zero-order valence-corrected chi connectivity index (χ0v) is 16.5. The van der Waals surface area contributed by atoms with E-state index in [1.165, 1.54) is 34.1 Å². The summed E-state index contributed by atoms with van der Waals surface area (Å²) in [6.07, 6.45) is 1.04. The normalized spacial score (nSPS) is 17.8. The van der Waals surface area contributed by atoms with Gasteiger partial charge >= 0.3 is 0 Å². The first-order valence-corrected chi connectivity index (χ1v) is 10.5. The molecule has 2 aliphatic heterocycles. The Labute approximate surface area is 160 Å². The monoisotopic (exact) mass is 369 g/mol. The fourth-order valence-electron chi connectivity index (χ4n) is 3.67. The van der Waals surface area contributed by atoms with E-state index in [0.29, 0.717) is 0 Å². The Balaban J connectivity index is 1.61. The SMILES string of the molecule is CN(C)c1nc2c(c(N3CCSCC3)n1)CCN(Cc1ccccc1)C2. The molecule has 2 aromatic rings. The second-order valence-electron chi connectivity index (χ2n) is 7.21. The topological polar surface area (TPSA) is 35.5 Å². The van der Waals surface area contributed by atoms with Gasteiger partial charge in [-0.25, -0.2) is 4.98 Å². The molecule has 1 aromatic heterocycles. The van der Waals surface area contributed by atoms with Crippen LogP contribution in [0.2, 0.25) is 0 Å². The van der Waals surface area contributed by atoms with E-state index in [1.807, 2.05) is 30.8 Å². The molecule has 4 rings (SSSR count). The zero-order chi connectivity index (χ0) is 17.9. The standard InChI is InChI=1S/C20H27N5S/c1-23(2)20-21-18-15-24(14-16-6-4-3-5-7-16)9-8-17(18)19(22-20)25-10-12-26-13-11-25/h3-7H,8-15H2,1-2H3. The van der Waals surface area contributed by atoms with Gasteiger partial charge in [0, 0.05) is 63.9 Å². The van der Waals surface area contributed by atoms with Crippen molar-refractivity contribution in [1.82, 2.24) is 14.9 Å². The van der Waals surface area contributed by atoms with Gasteiger partial charge in [-0.1, -0.05) is 30.3 Å². The second-order valence-corrected chi connectivity index (χ2v) is 8.44. The van der Waals surface area contributed by atoms with Crippen molar-refractivity contribution in [1.29, 1.82) is 0 Å². The van der Waals surface area contributed by atoms with Gasteiger partial charge in [-0.05, 0) is 12.0 Å². The van der Waals surface area contributed by atoms with Gasteiger partial charge in [0.15, 0.2) is 0 Å². The Bertz CT molecular complexity index is 743. The molecule has 138 valence electrons. The predicted molar refractivity (Wildman–Crippen MR) is 110 cm³/mol. The van der Waals surface area contributed by atoms with Gasteiger partial charge in [-0.15, -0.1) is 0 Å². The summed E-state index contributed by atoms with van der Waals surface area (Å²) in [6, 6.07) is 10.7. The minimum absolute atomic E-state index is 0.832. The number of rotatable bonds is 4. The van der Waals surface area contributed by atoms with Crippen LogP contribution in [0.1, 0.15) is 16.8 Å². The molecule has 0 spiro atoms. The summed E-state index contributed by atoms with van der Waals surface area (Å²) in [7, 11) is 4.06. The molecule has 1 aromatic carbocycles. The van der Waals surface area contributed by atoms with Gasteiger partial charge in [0.05, 0.1) is 5.69 Å². The number of hydrogen-bond donors (Lipinski definition) is 0. The van der Waals surface area contributed by atoms with E-state index in [1.54, 1.807) is 0 Å². The first-order chi connectivity index (χ1) is 12.7. The number of nitrogens with zero attached hydrogens (tertiary/aromatic N) is 5. The predicted octanol–water partition coefficient (Wildman–Crippen LogP) is 2.65. The Kier molecular flexibility index (Phi) is 5.31. The van der Waals surface area contributed by atoms with Gasteiger partial charge in [0.25, 0.3) is 0 Å². The van der Waals surface area contributed by atoms with Crippen molar-refractivity contribution in [2.75, 3.05) is 55.0 Å². The summed E-state index contributed by atoms with van der Waals surface area (Å²) >= 11 is 2.04. The number of benzene rings is 1. The molecular formula is C20H27N5S. The van der Waals surface area contributed by atoms with Crippen LogP contribution >= 0.6 is 11.8 Å². The molecule has 0 unspecified atom stereocenters. The molecule has 26 heavy (non-hydrogen) atoms. The molecule has 2 aliphatic rings. The van der Waals surface area contributed by atoms with Gasteiger partial charge < -0.3 is 9.80 Å². The molecule has 3 heterocycles. The van der Waals surface area contributed by atoms with Crippen molar-refractivity contribution in [3.8, 4) is 0 Å². The highest BCUT2D eigenvalue weighted by Crippen LogP contribution is 2.30. The lowest BCUT2D eigenvalue weighted by atomic mass is 10.0. The van der Waals surface area contributed by atoms with E-state index < -0.39 is 0 Å². The fourth-order valence-corrected chi connectivity index (χ4v) is 4.57. The van der Waals surface area contributed by atoms with Crippen LogP contribution in [-0.4, -0.2) is 60.1 Å². The third-order valence-corrected chi connectivity index (χ3v) is 6.01. The van der Waals surface area contributed by atoms with Crippen LogP contribution in [0.15, 0.2) is 30.3 Å². The molecular weight excluding hydrogens is 342 g/mol. The summed E-state index contributed by atoms with van der Waals surface area (Å²) in [5.41, 5.74) is 3.94. The number of thioether (sulfide) groups is 1. The summed E-state index contributed by atoms with van der Waals surface area (Å²) in [5.74, 6) is 4.39. The van der Waals surface area contributed by atoms with Crippen molar-refractivity contribution >= 4 is 23.5 Å². The summed E-state index contributed by atoms with van der Waals surface area (Å²) in [5, 5.41) is 0. The highest BCUT2D eigenvalue weighted by atomic mass is 32.2. The summed E-state index contributed by atoms with van der Waals surface area (Å²) in [6.45, 7) is 5.14. The molecule has 0 bridgehead atoms. The first-order valence-electron chi connectivity index (χ1n) is 9.37. The smallest absolute Gasteiger partial charge is 0.227 e. The van der Waals surface area contributed by atoms with E-state index in [4.69, 9.17) is 9.97 Å². The molecule has 0 atom stereocenters. The van der Waals surface area contributed by atoms with Crippen LogP contribution in [0.3, 0.4) is 0 Å². The fraction of sp³-hybridized carbons (Fsp3) is 0.500. The lowest BCUT2D eigenvalue weighted by Crippen LogP contribution is -2.37. The molecule has 1 fully saturated rings. The Morgan fingerprint density at radius 2 is 1.81 bits per heavy atom. The van der Waals surface area contributed by atoms with E-state index in [9.17, 15) is 0 Å². The average Bonchev–Trinajstić information content (AvgIpc) is 2.68. The maximum Gasteiger partial charge on any atom is 0.227 e. The van der Waals surface area contributed by atoms with Gasteiger partial charge in [0.2, 0.25) is 5.95 Å². The van der Waals surface area contributed by atoms with Crippen LogP contribution < -0.4 is 9.80 Å². The molecule has 0 N–H and O–H groups in total. The Morgan fingerprint density at radius 1 is 1.04 bits per heavy atom. The van der Waals surface area contributed by atoms with Crippen molar-refractivity contribution in [3.05, 3.63) is 47.2 Å². The maximum absolute atomic E-state index is 4.93. The Hall–Kier alpha value is -1.79. The molecule has 0 radical (unpaired) electrons. The Morgan fingerprint density at radius 3 is 2.54 bits per heavy atom. The quantitative estimate of drug-likeness (QED) is 0.825. The van der Waals surface area contributed by atoms with E-state index in [0.717, 1.165) is 45.1 Å². The number of fused-ring (bicyclic) bond motifs is 1. The van der Waals surface area contributed by atoms with Crippen molar-refractivity contribution in [3.63, 3.8) is 0 Å². The average molecular weight is 370 g/mol. The van der Waals surface area contributed by atoms with E-state index in [2.05, 4.69) is 40.1 Å². The molecule has 0 aliphatic carbocycles. The summed E-state index contributed by atoms with van der Waals surface area (Å²) in [4.78, 5) is 16.8. The number of aromatic nitrogens is 2. The van der Waals surface area contributed by atoms with Crippen molar-refractivity contribution in [2.24, 2.45) is 0 Å². The highest BCUT2D eigenvalue weighted by Gasteiger charge is 2.26. The van der Waals surface area contributed by atoms with E-state index >= 15 is 0 Å². The molecule has 0 amide bonds. The third kappa shape index (κ3) is 3.81. The minimum Gasteiger partial charge on any atom is -0.355 e. The summed E-state index contributed by atoms with van der Waals surface area (Å²) < 4.78 is 0. The molecule has 5 nitrogen and oxygen atoms in total. The maximum atomic E-state index is 4.93. The minimum atomic E-state index is 0.832. The number of anilines is 2. The van der Waals surface area contributed by atoms with Crippen LogP contribution in [0.4, 0.5) is 11.8 Å². The van der Waals surface area contributed by atoms with Crippen molar-refractivity contribution in [2.45, 2.75) is 19.5 Å². The van der Waals surface area contributed by atoms with Crippen molar-refractivity contribution < 1.29 is 0 Å².